The SMILES string of the molecule is Cc1ncccc1C(=O)NCCOc1ccc(I)cc1. The van der Waals surface area contributed by atoms with Crippen molar-refractivity contribution in [2.75, 3.05) is 13.2 Å². The fourth-order valence-electron chi connectivity index (χ4n) is 1.68. The molecule has 1 heterocycles. The van der Waals surface area contributed by atoms with Gasteiger partial charge in [0.05, 0.1) is 12.1 Å². The lowest BCUT2D eigenvalue weighted by Crippen LogP contribution is -2.28. The molecule has 0 spiro atoms. The van der Waals surface area contributed by atoms with Gasteiger partial charge in [0.15, 0.2) is 0 Å². The standard InChI is InChI=1S/C15H15IN2O2/c1-11-14(3-2-8-17-11)15(19)18-9-10-20-13-6-4-12(16)5-7-13/h2-8H,9-10H2,1H3,(H,18,19). The third kappa shape index (κ3) is 4.19. The minimum atomic E-state index is -0.123. The average molecular weight is 382 g/mol. The third-order valence-corrected chi connectivity index (χ3v) is 3.44. The number of aryl methyl sites for hydroxylation is 1. The highest BCUT2D eigenvalue weighted by Crippen LogP contribution is 2.13. The number of amides is 1. The molecule has 2 rings (SSSR count). The number of carbonyl (C=O) groups is 1. The highest BCUT2D eigenvalue weighted by atomic mass is 127. The molecule has 0 bridgehead atoms. The summed E-state index contributed by atoms with van der Waals surface area (Å²) >= 11 is 2.24. The van der Waals surface area contributed by atoms with E-state index in [0.29, 0.717) is 18.7 Å². The summed E-state index contributed by atoms with van der Waals surface area (Å²) in [4.78, 5) is 16.0. The van der Waals surface area contributed by atoms with Crippen LogP contribution in [0.15, 0.2) is 42.6 Å². The summed E-state index contributed by atoms with van der Waals surface area (Å²) in [6.45, 7) is 2.71. The van der Waals surface area contributed by atoms with E-state index in [1.807, 2.05) is 31.2 Å². The molecule has 0 aliphatic heterocycles. The van der Waals surface area contributed by atoms with Gasteiger partial charge in [0.1, 0.15) is 12.4 Å². The maximum atomic E-state index is 11.9. The number of nitrogens with one attached hydrogen (secondary N) is 1. The number of pyridine rings is 1. The zero-order valence-electron chi connectivity index (χ0n) is 11.1. The highest BCUT2D eigenvalue weighted by Gasteiger charge is 2.07. The number of nitrogens with zero attached hydrogens (tertiary/aromatic N) is 1. The van der Waals surface area contributed by atoms with Crippen LogP contribution in [0.2, 0.25) is 0 Å². The molecule has 2 aromatic rings. The summed E-state index contributed by atoms with van der Waals surface area (Å²) in [5.41, 5.74) is 1.32. The molecule has 20 heavy (non-hydrogen) atoms. The van der Waals surface area contributed by atoms with Crippen molar-refractivity contribution in [3.8, 4) is 5.75 Å². The van der Waals surface area contributed by atoms with Crippen molar-refractivity contribution in [1.29, 1.82) is 0 Å². The molecule has 104 valence electrons. The number of hydrogen-bond acceptors (Lipinski definition) is 3. The van der Waals surface area contributed by atoms with Crippen molar-refractivity contribution in [2.45, 2.75) is 6.92 Å². The van der Waals surface area contributed by atoms with Gasteiger partial charge in [0.2, 0.25) is 0 Å². The Kier molecular flexibility index (Phi) is 5.34. The molecule has 1 amide bonds. The van der Waals surface area contributed by atoms with Crippen LogP contribution in [0.1, 0.15) is 16.1 Å². The molecule has 0 saturated carbocycles. The van der Waals surface area contributed by atoms with Crippen molar-refractivity contribution in [2.24, 2.45) is 0 Å². The van der Waals surface area contributed by atoms with Gasteiger partial charge >= 0.3 is 0 Å². The zero-order valence-corrected chi connectivity index (χ0v) is 13.3. The summed E-state index contributed by atoms with van der Waals surface area (Å²) in [5, 5.41) is 2.82. The largest absolute Gasteiger partial charge is 0.492 e. The van der Waals surface area contributed by atoms with Crippen LogP contribution in [0.25, 0.3) is 0 Å². The van der Waals surface area contributed by atoms with Crippen molar-refractivity contribution in [3.05, 3.63) is 57.4 Å². The van der Waals surface area contributed by atoms with Crippen LogP contribution in [-0.2, 0) is 0 Å². The molecule has 1 aromatic heterocycles. The van der Waals surface area contributed by atoms with Crippen molar-refractivity contribution < 1.29 is 9.53 Å². The molecule has 0 radical (unpaired) electrons. The third-order valence-electron chi connectivity index (χ3n) is 2.72. The predicted octanol–water partition coefficient (Wildman–Crippen LogP) is 2.80. The van der Waals surface area contributed by atoms with E-state index in [0.717, 1.165) is 15.0 Å². The molecule has 0 aliphatic carbocycles. The van der Waals surface area contributed by atoms with Crippen LogP contribution in [0.5, 0.6) is 5.75 Å². The predicted molar refractivity (Wildman–Crippen MR) is 86.0 cm³/mol. The second-order valence-corrected chi connectivity index (χ2v) is 5.44. The first-order valence-corrected chi connectivity index (χ1v) is 7.33. The molecular formula is C15H15IN2O2. The Labute approximate surface area is 131 Å². The maximum absolute atomic E-state index is 11.9. The molecule has 4 nitrogen and oxygen atoms in total. The first kappa shape index (κ1) is 14.8. The Balaban J connectivity index is 1.77. The van der Waals surface area contributed by atoms with E-state index in [1.165, 1.54) is 0 Å². The summed E-state index contributed by atoms with van der Waals surface area (Å²) in [6, 6.07) is 11.3. The number of rotatable bonds is 5. The monoisotopic (exact) mass is 382 g/mol. The normalized spacial score (nSPS) is 10.1. The lowest BCUT2D eigenvalue weighted by Gasteiger charge is -2.08. The van der Waals surface area contributed by atoms with E-state index in [9.17, 15) is 4.79 Å². The number of aromatic nitrogens is 1. The average Bonchev–Trinajstić information content (AvgIpc) is 2.46. The summed E-state index contributed by atoms with van der Waals surface area (Å²) < 4.78 is 6.71. The minimum absolute atomic E-state index is 0.123. The van der Waals surface area contributed by atoms with E-state index in [1.54, 1.807) is 18.3 Å². The molecule has 5 heteroatoms. The van der Waals surface area contributed by atoms with Crippen LogP contribution in [0.3, 0.4) is 0 Å². The molecule has 0 fully saturated rings. The lowest BCUT2D eigenvalue weighted by atomic mass is 10.2. The molecule has 0 atom stereocenters. The second-order valence-electron chi connectivity index (χ2n) is 4.19. The fourth-order valence-corrected chi connectivity index (χ4v) is 2.04. The van der Waals surface area contributed by atoms with Gasteiger partial charge in [-0.2, -0.15) is 0 Å². The molecule has 0 aliphatic rings. The molecule has 1 aromatic carbocycles. The van der Waals surface area contributed by atoms with Crippen LogP contribution in [-0.4, -0.2) is 24.0 Å². The zero-order chi connectivity index (χ0) is 14.4. The smallest absolute Gasteiger partial charge is 0.253 e. The number of benzene rings is 1. The van der Waals surface area contributed by atoms with Crippen LogP contribution in [0, 0.1) is 10.5 Å². The Bertz CT molecular complexity index is 585. The van der Waals surface area contributed by atoms with Crippen molar-refractivity contribution in [3.63, 3.8) is 0 Å². The molecule has 1 N–H and O–H groups in total. The summed E-state index contributed by atoms with van der Waals surface area (Å²) in [7, 11) is 0. The van der Waals surface area contributed by atoms with Crippen LogP contribution >= 0.6 is 22.6 Å². The van der Waals surface area contributed by atoms with E-state index in [4.69, 9.17) is 4.74 Å². The van der Waals surface area contributed by atoms with Gasteiger partial charge in [-0.3, -0.25) is 9.78 Å². The fraction of sp³-hybridized carbons (Fsp3) is 0.200. The van der Waals surface area contributed by atoms with Gasteiger partial charge in [0, 0.05) is 15.5 Å². The van der Waals surface area contributed by atoms with Crippen LogP contribution in [0.4, 0.5) is 0 Å². The molecule has 0 unspecified atom stereocenters. The van der Waals surface area contributed by atoms with Gasteiger partial charge in [0.25, 0.3) is 5.91 Å². The van der Waals surface area contributed by atoms with E-state index in [2.05, 4.69) is 32.9 Å². The highest BCUT2D eigenvalue weighted by molar-refractivity contribution is 14.1. The quantitative estimate of drug-likeness (QED) is 0.639. The topological polar surface area (TPSA) is 51.2 Å². The molecule has 0 saturated heterocycles. The second kappa shape index (κ2) is 7.23. The Morgan fingerprint density at radius 1 is 1.30 bits per heavy atom. The summed E-state index contributed by atoms with van der Waals surface area (Å²) in [6.07, 6.45) is 1.67. The van der Waals surface area contributed by atoms with E-state index in [-0.39, 0.29) is 5.91 Å². The van der Waals surface area contributed by atoms with Crippen molar-refractivity contribution >= 4 is 28.5 Å². The first-order valence-electron chi connectivity index (χ1n) is 6.25. The van der Waals surface area contributed by atoms with E-state index >= 15 is 0 Å². The van der Waals surface area contributed by atoms with Crippen LogP contribution < -0.4 is 10.1 Å². The Morgan fingerprint density at radius 2 is 2.05 bits per heavy atom. The first-order chi connectivity index (χ1) is 9.66. The lowest BCUT2D eigenvalue weighted by molar-refractivity contribution is 0.0946. The summed E-state index contributed by atoms with van der Waals surface area (Å²) in [5.74, 6) is 0.680. The maximum Gasteiger partial charge on any atom is 0.253 e. The molecular weight excluding hydrogens is 367 g/mol. The Morgan fingerprint density at radius 3 is 2.75 bits per heavy atom. The van der Waals surface area contributed by atoms with Gasteiger partial charge < -0.3 is 10.1 Å². The van der Waals surface area contributed by atoms with Crippen molar-refractivity contribution in [1.82, 2.24) is 10.3 Å². The number of hydrogen-bond donors (Lipinski definition) is 1. The van der Waals surface area contributed by atoms with E-state index < -0.39 is 0 Å². The van der Waals surface area contributed by atoms with Gasteiger partial charge in [-0.25, -0.2) is 0 Å². The van der Waals surface area contributed by atoms with Gasteiger partial charge in [-0.05, 0) is 65.9 Å². The van der Waals surface area contributed by atoms with Gasteiger partial charge in [-0.15, -0.1) is 0 Å². The van der Waals surface area contributed by atoms with Gasteiger partial charge in [-0.1, -0.05) is 0 Å². The number of ether oxygens (including phenoxy) is 1. The number of carbonyl (C=O) groups excluding carboxylic acids is 1. The minimum Gasteiger partial charge on any atom is -0.492 e. The number of halogens is 1. The Hall–Kier alpha value is -1.63.